The van der Waals surface area contributed by atoms with E-state index in [-0.39, 0.29) is 0 Å². The summed E-state index contributed by atoms with van der Waals surface area (Å²) in [4.78, 5) is 10.9. The molecule has 2 aromatic carbocycles. The number of rotatable bonds is 1. The number of fused-ring (bicyclic) bond motifs is 2. The van der Waals surface area contributed by atoms with Crippen LogP contribution in [0.15, 0.2) is 48.5 Å². The minimum atomic E-state index is -1.24. The summed E-state index contributed by atoms with van der Waals surface area (Å²) in [5.74, 6) is 0. The largest absolute Gasteiger partial charge is 0.506 e. The Morgan fingerprint density at radius 1 is 1.00 bits per heavy atom. The highest BCUT2D eigenvalue weighted by molar-refractivity contribution is 5.74. The van der Waals surface area contributed by atoms with Gasteiger partial charge in [-0.3, -0.25) is 0 Å². The summed E-state index contributed by atoms with van der Waals surface area (Å²) in [6.45, 7) is 0. The zero-order valence-electron chi connectivity index (χ0n) is 10.8. The van der Waals surface area contributed by atoms with Gasteiger partial charge in [0.1, 0.15) is 6.10 Å². The first-order chi connectivity index (χ1) is 9.74. The molecular formula is C17H14O3. The zero-order chi connectivity index (χ0) is 13.9. The van der Waals surface area contributed by atoms with Crippen molar-refractivity contribution in [1.82, 2.24) is 0 Å². The van der Waals surface area contributed by atoms with Gasteiger partial charge in [0.15, 0.2) is 0 Å². The molecule has 3 nitrogen and oxygen atoms in total. The molecule has 0 radical (unpaired) electrons. The molecule has 1 N–H and O–H groups in total. The van der Waals surface area contributed by atoms with Crippen LogP contribution in [0, 0.1) is 0 Å². The average molecular weight is 266 g/mol. The van der Waals surface area contributed by atoms with E-state index in [1.807, 2.05) is 54.6 Å². The molecule has 3 rings (SSSR count). The summed E-state index contributed by atoms with van der Waals surface area (Å²) < 4.78 is 5.09. The molecule has 1 atom stereocenters. The van der Waals surface area contributed by atoms with Crippen LogP contribution in [-0.4, -0.2) is 11.3 Å². The normalized spacial score (nSPS) is 18.1. The summed E-state index contributed by atoms with van der Waals surface area (Å²) in [7, 11) is 0. The number of benzene rings is 2. The van der Waals surface area contributed by atoms with Gasteiger partial charge in [0.25, 0.3) is 0 Å². The van der Waals surface area contributed by atoms with Gasteiger partial charge in [0.2, 0.25) is 0 Å². The second-order valence-corrected chi connectivity index (χ2v) is 4.74. The van der Waals surface area contributed by atoms with Crippen molar-refractivity contribution in [2.75, 3.05) is 0 Å². The van der Waals surface area contributed by atoms with E-state index < -0.39 is 12.3 Å². The lowest BCUT2D eigenvalue weighted by Gasteiger charge is -2.21. The Morgan fingerprint density at radius 2 is 1.65 bits per heavy atom. The monoisotopic (exact) mass is 266 g/mol. The van der Waals surface area contributed by atoms with Gasteiger partial charge in [0.05, 0.1) is 0 Å². The fourth-order valence-corrected chi connectivity index (χ4v) is 2.55. The van der Waals surface area contributed by atoms with E-state index in [9.17, 15) is 4.79 Å². The number of hydrogen-bond donors (Lipinski definition) is 1. The number of carboxylic acid groups (broad SMARTS) is 1. The van der Waals surface area contributed by atoms with Crippen LogP contribution in [0.5, 0.6) is 0 Å². The first-order valence-electron chi connectivity index (χ1n) is 6.48. The van der Waals surface area contributed by atoms with Gasteiger partial charge >= 0.3 is 6.16 Å². The molecule has 100 valence electrons. The molecular weight excluding hydrogens is 252 g/mol. The summed E-state index contributed by atoms with van der Waals surface area (Å²) >= 11 is 0. The minimum Gasteiger partial charge on any atom is -0.450 e. The predicted molar refractivity (Wildman–Crippen MR) is 77.4 cm³/mol. The van der Waals surface area contributed by atoms with Gasteiger partial charge in [-0.1, -0.05) is 60.7 Å². The van der Waals surface area contributed by atoms with Crippen molar-refractivity contribution >= 4 is 18.3 Å². The van der Waals surface area contributed by atoms with Crippen LogP contribution < -0.4 is 0 Å². The van der Waals surface area contributed by atoms with Crippen LogP contribution in [0.3, 0.4) is 0 Å². The first-order valence-corrected chi connectivity index (χ1v) is 6.48. The molecule has 0 fully saturated rings. The van der Waals surface area contributed by atoms with Crippen LogP contribution in [0.2, 0.25) is 0 Å². The fourth-order valence-electron chi connectivity index (χ4n) is 2.55. The van der Waals surface area contributed by atoms with Crippen LogP contribution >= 0.6 is 0 Å². The highest BCUT2D eigenvalue weighted by atomic mass is 16.7. The van der Waals surface area contributed by atoms with Crippen LogP contribution in [0.25, 0.3) is 12.2 Å². The smallest absolute Gasteiger partial charge is 0.450 e. The van der Waals surface area contributed by atoms with Crippen molar-refractivity contribution in [3.63, 3.8) is 0 Å². The number of ether oxygens (including phenoxy) is 1. The first kappa shape index (κ1) is 12.5. The number of carbonyl (C=O) groups is 1. The molecule has 20 heavy (non-hydrogen) atoms. The van der Waals surface area contributed by atoms with E-state index in [0.29, 0.717) is 6.42 Å². The zero-order valence-corrected chi connectivity index (χ0v) is 10.8. The third-order valence-corrected chi connectivity index (χ3v) is 3.49. The minimum absolute atomic E-state index is 0.477. The van der Waals surface area contributed by atoms with Crippen molar-refractivity contribution < 1.29 is 14.6 Å². The van der Waals surface area contributed by atoms with Crippen molar-refractivity contribution in [1.29, 1.82) is 0 Å². The van der Waals surface area contributed by atoms with Crippen molar-refractivity contribution in [2.45, 2.75) is 12.5 Å². The maximum atomic E-state index is 10.9. The lowest BCUT2D eigenvalue weighted by Crippen LogP contribution is -2.14. The lowest BCUT2D eigenvalue weighted by molar-refractivity contribution is 0.0512. The Morgan fingerprint density at radius 3 is 2.45 bits per heavy atom. The molecule has 0 saturated heterocycles. The fraction of sp³-hybridized carbons (Fsp3) is 0.118. The van der Waals surface area contributed by atoms with Gasteiger partial charge in [-0.2, -0.15) is 0 Å². The Labute approximate surface area is 117 Å². The molecule has 3 heteroatoms. The molecule has 0 amide bonds. The number of hydrogen-bond acceptors (Lipinski definition) is 2. The maximum absolute atomic E-state index is 10.9. The highest BCUT2D eigenvalue weighted by Crippen LogP contribution is 2.31. The van der Waals surface area contributed by atoms with Gasteiger partial charge < -0.3 is 9.84 Å². The van der Waals surface area contributed by atoms with Gasteiger partial charge in [0, 0.05) is 12.0 Å². The van der Waals surface area contributed by atoms with Gasteiger partial charge in [-0.05, 0) is 16.7 Å². The molecule has 1 unspecified atom stereocenters. The molecule has 1 aliphatic carbocycles. The second-order valence-electron chi connectivity index (χ2n) is 4.74. The molecule has 0 aromatic heterocycles. The lowest BCUT2D eigenvalue weighted by atomic mass is 9.91. The summed E-state index contributed by atoms with van der Waals surface area (Å²) in [5, 5.41) is 8.96. The molecule has 0 spiro atoms. The van der Waals surface area contributed by atoms with Crippen LogP contribution in [0.1, 0.15) is 28.4 Å². The third-order valence-electron chi connectivity index (χ3n) is 3.49. The van der Waals surface area contributed by atoms with Gasteiger partial charge in [-0.25, -0.2) is 4.79 Å². The summed E-state index contributed by atoms with van der Waals surface area (Å²) in [6, 6.07) is 15.7. The molecule has 0 bridgehead atoms. The summed E-state index contributed by atoms with van der Waals surface area (Å²) in [6.07, 6.45) is 2.89. The Bertz CT molecular complexity index is 673. The molecule has 1 aliphatic rings. The van der Waals surface area contributed by atoms with Crippen LogP contribution in [-0.2, 0) is 11.2 Å². The molecule has 0 heterocycles. The predicted octanol–water partition coefficient (Wildman–Crippen LogP) is 4.15. The molecule has 2 aromatic rings. The van der Waals surface area contributed by atoms with E-state index in [2.05, 4.69) is 6.08 Å². The third kappa shape index (κ3) is 2.43. The topological polar surface area (TPSA) is 46.5 Å². The highest BCUT2D eigenvalue weighted by Gasteiger charge is 2.21. The Hall–Kier alpha value is -2.55. The molecule has 0 saturated carbocycles. The molecule has 0 aliphatic heterocycles. The van der Waals surface area contributed by atoms with E-state index in [0.717, 1.165) is 22.3 Å². The van der Waals surface area contributed by atoms with E-state index in [1.54, 1.807) is 0 Å². The van der Waals surface area contributed by atoms with E-state index in [4.69, 9.17) is 9.84 Å². The summed E-state index contributed by atoms with van der Waals surface area (Å²) in [5.41, 5.74) is 4.08. The van der Waals surface area contributed by atoms with E-state index >= 15 is 0 Å². The van der Waals surface area contributed by atoms with E-state index in [1.165, 1.54) is 0 Å². The van der Waals surface area contributed by atoms with Crippen molar-refractivity contribution in [2.24, 2.45) is 0 Å². The maximum Gasteiger partial charge on any atom is 0.506 e. The quantitative estimate of drug-likeness (QED) is 0.789. The van der Waals surface area contributed by atoms with Crippen molar-refractivity contribution in [3.05, 3.63) is 70.8 Å². The SMILES string of the molecule is O=C(O)OC1Cc2ccccc2/C=C\c2ccccc21. The Balaban J connectivity index is 2.11. The van der Waals surface area contributed by atoms with Crippen LogP contribution in [0.4, 0.5) is 4.79 Å². The van der Waals surface area contributed by atoms with Gasteiger partial charge in [-0.15, -0.1) is 0 Å². The second kappa shape index (κ2) is 5.21. The van der Waals surface area contributed by atoms with Crippen molar-refractivity contribution in [3.8, 4) is 0 Å². The standard InChI is InChI=1S/C17H14O3/c18-17(19)20-16-11-14-7-2-1-5-12(14)9-10-13-6-3-4-8-15(13)16/h1-10,16H,11H2,(H,18,19)/b10-9-. The average Bonchev–Trinajstić information content (AvgIpc) is 2.43. The Kier molecular flexibility index (Phi) is 3.25.